The molecule has 0 aromatic carbocycles. The summed E-state index contributed by atoms with van der Waals surface area (Å²) in [5.74, 6) is 0.0370. The molecule has 0 fully saturated rings. The lowest BCUT2D eigenvalue weighted by molar-refractivity contribution is -0.386. The van der Waals surface area contributed by atoms with Gasteiger partial charge in [0.2, 0.25) is 0 Å². The van der Waals surface area contributed by atoms with E-state index >= 15 is 0 Å². The number of nitro groups is 1. The summed E-state index contributed by atoms with van der Waals surface area (Å²) in [5.41, 5.74) is -0.135. The third kappa shape index (κ3) is 1.71. The number of nitrogens with zero attached hydrogens (tertiary/aromatic N) is 2. The molecule has 0 amide bonds. The van der Waals surface area contributed by atoms with Crippen molar-refractivity contribution in [3.05, 3.63) is 16.3 Å². The van der Waals surface area contributed by atoms with Crippen LogP contribution in [0.1, 0.15) is 13.8 Å². The molecule has 0 aliphatic rings. The van der Waals surface area contributed by atoms with Gasteiger partial charge in [0, 0.05) is 0 Å². The molecule has 66 valence electrons. The highest BCUT2D eigenvalue weighted by atomic mass is 16.6. The largest absolute Gasteiger partial charge is 0.469 e. The maximum atomic E-state index is 10.3. The quantitative estimate of drug-likeness (QED) is 0.545. The van der Waals surface area contributed by atoms with Crippen LogP contribution in [0, 0.1) is 10.1 Å². The smallest absolute Gasteiger partial charge is 0.349 e. The summed E-state index contributed by atoms with van der Waals surface area (Å²) in [6.45, 7) is 3.55. The van der Waals surface area contributed by atoms with E-state index in [4.69, 9.17) is 4.74 Å². The van der Waals surface area contributed by atoms with Crippen molar-refractivity contribution in [2.45, 2.75) is 20.0 Å². The predicted molar refractivity (Wildman–Crippen MR) is 41.0 cm³/mol. The van der Waals surface area contributed by atoms with E-state index in [0.29, 0.717) is 0 Å². The van der Waals surface area contributed by atoms with Gasteiger partial charge in [-0.25, -0.2) is 0 Å². The summed E-state index contributed by atoms with van der Waals surface area (Å²) < 4.78 is 5.06. The number of ether oxygens (including phenoxy) is 1. The molecule has 0 spiro atoms. The number of rotatable bonds is 3. The molecule has 6 nitrogen and oxygen atoms in total. The van der Waals surface area contributed by atoms with Gasteiger partial charge in [0.1, 0.15) is 6.20 Å². The molecule has 0 radical (unpaired) electrons. The molecule has 12 heavy (non-hydrogen) atoms. The lowest BCUT2D eigenvalue weighted by Gasteiger charge is -2.03. The molecule has 0 aliphatic heterocycles. The Hall–Kier alpha value is -1.59. The van der Waals surface area contributed by atoms with Gasteiger partial charge in [-0.3, -0.25) is 15.2 Å². The van der Waals surface area contributed by atoms with E-state index in [9.17, 15) is 10.1 Å². The van der Waals surface area contributed by atoms with E-state index in [1.165, 1.54) is 6.20 Å². The minimum Gasteiger partial charge on any atom is -0.469 e. The first-order valence-corrected chi connectivity index (χ1v) is 3.46. The molecule has 6 heteroatoms. The van der Waals surface area contributed by atoms with Gasteiger partial charge in [-0.15, -0.1) is 5.10 Å². The molecule has 1 heterocycles. The Labute approximate surface area is 68.7 Å². The van der Waals surface area contributed by atoms with Crippen LogP contribution in [0.5, 0.6) is 5.88 Å². The second kappa shape index (κ2) is 3.21. The monoisotopic (exact) mass is 171 g/mol. The standard InChI is InChI=1S/C6H9N3O3/c1-4(2)12-6-5(9(10)11)3-7-8-6/h3-4H,1-2H3,(H,7,8). The second-order valence-electron chi connectivity index (χ2n) is 2.50. The summed E-state index contributed by atoms with van der Waals surface area (Å²) >= 11 is 0. The molecule has 0 saturated heterocycles. The van der Waals surface area contributed by atoms with E-state index < -0.39 is 4.92 Å². The predicted octanol–water partition coefficient (Wildman–Crippen LogP) is 1.11. The van der Waals surface area contributed by atoms with Crippen LogP contribution in [-0.4, -0.2) is 21.2 Å². The first-order valence-electron chi connectivity index (χ1n) is 3.46. The third-order valence-electron chi connectivity index (χ3n) is 1.13. The lowest BCUT2D eigenvalue weighted by Crippen LogP contribution is -2.07. The fourth-order valence-corrected chi connectivity index (χ4v) is 0.712. The van der Waals surface area contributed by atoms with Crippen LogP contribution in [0.4, 0.5) is 5.69 Å². The highest BCUT2D eigenvalue weighted by Gasteiger charge is 2.18. The van der Waals surface area contributed by atoms with Gasteiger partial charge in [-0.1, -0.05) is 0 Å². The Bertz CT molecular complexity index is 281. The maximum Gasteiger partial charge on any atom is 0.349 e. The molecular weight excluding hydrogens is 162 g/mol. The summed E-state index contributed by atoms with van der Waals surface area (Å²) in [5, 5.41) is 16.3. The van der Waals surface area contributed by atoms with E-state index in [1.54, 1.807) is 13.8 Å². The van der Waals surface area contributed by atoms with Crippen molar-refractivity contribution >= 4 is 5.69 Å². The summed E-state index contributed by atoms with van der Waals surface area (Å²) in [4.78, 5) is 9.79. The van der Waals surface area contributed by atoms with E-state index in [0.717, 1.165) is 0 Å². The number of aromatic amines is 1. The number of H-pyrrole nitrogens is 1. The van der Waals surface area contributed by atoms with Crippen LogP contribution in [0.2, 0.25) is 0 Å². The summed E-state index contributed by atoms with van der Waals surface area (Å²) in [7, 11) is 0. The number of hydrogen-bond donors (Lipinski definition) is 1. The topological polar surface area (TPSA) is 81.0 Å². The SMILES string of the molecule is CC(C)Oc1n[nH]cc1[N+](=O)[O-]. The molecule has 1 N–H and O–H groups in total. The van der Waals surface area contributed by atoms with Gasteiger partial charge < -0.3 is 4.74 Å². The van der Waals surface area contributed by atoms with Crippen LogP contribution < -0.4 is 4.74 Å². The van der Waals surface area contributed by atoms with Crippen molar-refractivity contribution < 1.29 is 9.66 Å². The summed E-state index contributed by atoms with van der Waals surface area (Å²) in [6, 6.07) is 0. The Morgan fingerprint density at radius 1 is 1.75 bits per heavy atom. The number of aromatic nitrogens is 2. The first kappa shape index (κ1) is 8.51. The van der Waals surface area contributed by atoms with Gasteiger partial charge in [-0.2, -0.15) is 0 Å². The number of hydrogen-bond acceptors (Lipinski definition) is 4. The van der Waals surface area contributed by atoms with Crippen LogP contribution in [0.15, 0.2) is 6.20 Å². The maximum absolute atomic E-state index is 10.3. The number of nitrogens with one attached hydrogen (secondary N) is 1. The second-order valence-corrected chi connectivity index (χ2v) is 2.50. The van der Waals surface area contributed by atoms with Crippen molar-refractivity contribution in [1.29, 1.82) is 0 Å². The highest BCUT2D eigenvalue weighted by Crippen LogP contribution is 2.23. The molecule has 0 saturated carbocycles. The zero-order chi connectivity index (χ0) is 9.14. The molecule has 0 bridgehead atoms. The molecule has 0 aliphatic carbocycles. The Kier molecular flexibility index (Phi) is 2.27. The minimum atomic E-state index is -0.540. The Morgan fingerprint density at radius 2 is 2.42 bits per heavy atom. The fraction of sp³-hybridized carbons (Fsp3) is 0.500. The van der Waals surface area contributed by atoms with E-state index in [1.807, 2.05) is 0 Å². The molecule has 0 atom stereocenters. The van der Waals surface area contributed by atoms with Gasteiger partial charge in [0.05, 0.1) is 11.0 Å². The molecule has 1 aromatic rings. The van der Waals surface area contributed by atoms with E-state index in [2.05, 4.69) is 10.2 Å². The minimum absolute atomic E-state index is 0.0370. The van der Waals surface area contributed by atoms with Crippen molar-refractivity contribution in [3.63, 3.8) is 0 Å². The highest BCUT2D eigenvalue weighted by molar-refractivity contribution is 5.37. The molecule has 1 rings (SSSR count). The zero-order valence-corrected chi connectivity index (χ0v) is 6.77. The van der Waals surface area contributed by atoms with Gasteiger partial charge in [0.15, 0.2) is 0 Å². The first-order chi connectivity index (χ1) is 5.61. The lowest BCUT2D eigenvalue weighted by atomic mass is 10.5. The van der Waals surface area contributed by atoms with Crippen LogP contribution >= 0.6 is 0 Å². The average Bonchev–Trinajstić information content (AvgIpc) is 2.33. The van der Waals surface area contributed by atoms with Gasteiger partial charge in [-0.05, 0) is 13.8 Å². The molecule has 1 aromatic heterocycles. The summed E-state index contributed by atoms with van der Waals surface area (Å²) in [6.07, 6.45) is 1.07. The van der Waals surface area contributed by atoms with E-state index in [-0.39, 0.29) is 17.7 Å². The van der Waals surface area contributed by atoms with Crippen molar-refractivity contribution in [2.24, 2.45) is 0 Å². The fourth-order valence-electron chi connectivity index (χ4n) is 0.712. The van der Waals surface area contributed by atoms with Crippen LogP contribution in [0.3, 0.4) is 0 Å². The zero-order valence-electron chi connectivity index (χ0n) is 6.77. The average molecular weight is 171 g/mol. The van der Waals surface area contributed by atoms with Crippen LogP contribution in [-0.2, 0) is 0 Å². The third-order valence-corrected chi connectivity index (χ3v) is 1.13. The normalized spacial score (nSPS) is 10.2. The van der Waals surface area contributed by atoms with Gasteiger partial charge >= 0.3 is 11.6 Å². The van der Waals surface area contributed by atoms with Gasteiger partial charge in [0.25, 0.3) is 0 Å². The van der Waals surface area contributed by atoms with Crippen molar-refractivity contribution in [2.75, 3.05) is 0 Å². The van der Waals surface area contributed by atoms with Crippen LogP contribution in [0.25, 0.3) is 0 Å². The van der Waals surface area contributed by atoms with Crippen molar-refractivity contribution in [3.8, 4) is 5.88 Å². The Morgan fingerprint density at radius 3 is 2.92 bits per heavy atom. The Balaban J connectivity index is 2.84. The van der Waals surface area contributed by atoms with Crippen molar-refractivity contribution in [1.82, 2.24) is 10.2 Å². The molecular formula is C6H9N3O3. The molecule has 0 unspecified atom stereocenters.